The summed E-state index contributed by atoms with van der Waals surface area (Å²) >= 11 is 0. The fourth-order valence-corrected chi connectivity index (χ4v) is 4.09. The number of hydrogen-bond acceptors (Lipinski definition) is 5. The number of fused-ring (bicyclic) bond motifs is 1. The second-order valence-corrected chi connectivity index (χ2v) is 7.72. The molecule has 0 aliphatic carbocycles. The van der Waals surface area contributed by atoms with Gasteiger partial charge in [-0.3, -0.25) is 19.5 Å². The second kappa shape index (κ2) is 8.23. The third-order valence-corrected chi connectivity index (χ3v) is 5.80. The van der Waals surface area contributed by atoms with E-state index in [1.54, 1.807) is 35.4 Å². The molecular weight excluding hydrogens is 384 g/mol. The highest BCUT2D eigenvalue weighted by Gasteiger charge is 2.48. The van der Waals surface area contributed by atoms with Gasteiger partial charge in [0.1, 0.15) is 5.70 Å². The monoisotopic (exact) mass is 408 g/mol. The number of likely N-dealkylation sites (N-methyl/N-ethyl adjacent to an activating group) is 1. The lowest BCUT2D eigenvalue weighted by atomic mass is 9.82. The van der Waals surface area contributed by atoms with Crippen molar-refractivity contribution in [2.45, 2.75) is 18.9 Å². The van der Waals surface area contributed by atoms with E-state index >= 15 is 0 Å². The van der Waals surface area contributed by atoms with Crippen LogP contribution in [0.1, 0.15) is 18.5 Å². The molecule has 8 nitrogen and oxygen atoms in total. The first-order chi connectivity index (χ1) is 14.5. The largest absolute Gasteiger partial charge is 0.477 e. The predicted octanol–water partition coefficient (Wildman–Crippen LogP) is 1.14. The molecule has 0 radical (unpaired) electrons. The Hall–Kier alpha value is -3.26. The molecular formula is C22H24N4O4. The number of carboxylic acid groups (broad SMARTS) is 1. The molecule has 2 fully saturated rings. The number of amides is 2. The molecule has 3 aliphatic rings. The Balaban J connectivity index is 1.53. The molecule has 0 spiro atoms. The molecule has 1 aromatic rings. The third-order valence-electron chi connectivity index (χ3n) is 5.80. The van der Waals surface area contributed by atoms with Crippen molar-refractivity contribution in [2.75, 3.05) is 33.2 Å². The summed E-state index contributed by atoms with van der Waals surface area (Å²) in [5.74, 6) is -1.61. The highest BCUT2D eigenvalue weighted by Crippen LogP contribution is 2.40. The Morgan fingerprint density at radius 1 is 1.20 bits per heavy atom. The average molecular weight is 408 g/mol. The molecule has 1 aromatic heterocycles. The Morgan fingerprint density at radius 3 is 2.63 bits per heavy atom. The van der Waals surface area contributed by atoms with Crippen molar-refractivity contribution in [3.05, 3.63) is 59.1 Å². The third kappa shape index (κ3) is 3.78. The predicted molar refractivity (Wildman–Crippen MR) is 110 cm³/mol. The molecule has 8 heteroatoms. The second-order valence-electron chi connectivity index (χ2n) is 7.72. The van der Waals surface area contributed by atoms with Crippen LogP contribution in [0.3, 0.4) is 0 Å². The van der Waals surface area contributed by atoms with Crippen molar-refractivity contribution >= 4 is 23.9 Å². The van der Waals surface area contributed by atoms with Crippen molar-refractivity contribution in [1.29, 1.82) is 0 Å². The molecule has 1 unspecified atom stereocenters. The van der Waals surface area contributed by atoms with Crippen molar-refractivity contribution in [3.8, 4) is 0 Å². The molecule has 30 heavy (non-hydrogen) atoms. The molecule has 0 saturated carbocycles. The van der Waals surface area contributed by atoms with Crippen LogP contribution in [-0.4, -0.2) is 81.8 Å². The molecule has 2 saturated heterocycles. The van der Waals surface area contributed by atoms with Crippen LogP contribution in [0.5, 0.6) is 0 Å². The number of pyridine rings is 1. The van der Waals surface area contributed by atoms with E-state index in [-0.39, 0.29) is 23.6 Å². The number of carboxylic acids is 1. The topological polar surface area (TPSA) is 94.0 Å². The number of allylic oxidation sites excluding steroid dienone is 2. The van der Waals surface area contributed by atoms with Crippen LogP contribution in [0.2, 0.25) is 0 Å². The first-order valence-electron chi connectivity index (χ1n) is 10.0. The van der Waals surface area contributed by atoms with E-state index in [1.807, 2.05) is 13.1 Å². The van der Waals surface area contributed by atoms with Crippen LogP contribution < -0.4 is 0 Å². The number of hydrogen-bond donors (Lipinski definition) is 1. The van der Waals surface area contributed by atoms with Crippen LogP contribution >= 0.6 is 0 Å². The number of aromatic nitrogens is 1. The summed E-state index contributed by atoms with van der Waals surface area (Å²) in [6.45, 7) is 2.94. The summed E-state index contributed by atoms with van der Waals surface area (Å²) < 4.78 is 0. The molecule has 2 amide bonds. The number of nitrogens with zero attached hydrogens (tertiary/aromatic N) is 4. The Bertz CT molecular complexity index is 959. The van der Waals surface area contributed by atoms with E-state index in [1.165, 1.54) is 11.0 Å². The summed E-state index contributed by atoms with van der Waals surface area (Å²) in [5, 5.41) is 9.75. The zero-order valence-corrected chi connectivity index (χ0v) is 16.8. The van der Waals surface area contributed by atoms with Gasteiger partial charge >= 0.3 is 5.97 Å². The maximum absolute atomic E-state index is 12.7. The van der Waals surface area contributed by atoms with Crippen molar-refractivity contribution in [1.82, 2.24) is 19.7 Å². The van der Waals surface area contributed by atoms with Crippen molar-refractivity contribution in [3.63, 3.8) is 0 Å². The number of carbonyl (C=O) groups excluding carboxylic acids is 2. The van der Waals surface area contributed by atoms with Gasteiger partial charge in [0.25, 0.3) is 5.91 Å². The van der Waals surface area contributed by atoms with Gasteiger partial charge in [0, 0.05) is 44.0 Å². The number of piperazine rings is 1. The van der Waals surface area contributed by atoms with Gasteiger partial charge in [-0.15, -0.1) is 0 Å². The number of β-lactam (4-membered cyclic amide) rings is 1. The summed E-state index contributed by atoms with van der Waals surface area (Å²) in [7, 11) is 2.01. The lowest BCUT2D eigenvalue weighted by Crippen LogP contribution is -2.57. The molecule has 0 aromatic carbocycles. The zero-order valence-electron chi connectivity index (χ0n) is 16.8. The SMILES string of the molecule is CN1CCN(C(=O)/C=C\C2=C(C(=O)O)N3C(=O)/C(=C/c4ccccn4)C3CC2)CC1. The Kier molecular flexibility index (Phi) is 5.50. The number of rotatable bonds is 4. The quantitative estimate of drug-likeness (QED) is 0.593. The standard InChI is InChI=1S/C22H24N4O4/c1-24-10-12-25(13-11-24)19(27)8-6-15-5-7-18-17(14-16-4-2-3-9-23-16)21(28)26(18)20(15)22(29)30/h2-4,6,8-9,14,18H,5,7,10-13H2,1H3,(H,29,30)/b8-6-,17-14+. The normalized spacial score (nSPS) is 23.7. The van der Waals surface area contributed by atoms with E-state index in [0.29, 0.717) is 42.8 Å². The van der Waals surface area contributed by atoms with Crippen LogP contribution in [-0.2, 0) is 14.4 Å². The van der Waals surface area contributed by atoms with Gasteiger partial charge in [0.05, 0.1) is 11.7 Å². The van der Waals surface area contributed by atoms with Gasteiger partial charge in [-0.1, -0.05) is 12.1 Å². The summed E-state index contributed by atoms with van der Waals surface area (Å²) in [6, 6.07) is 5.17. The van der Waals surface area contributed by atoms with Crippen LogP contribution in [0, 0.1) is 0 Å². The maximum Gasteiger partial charge on any atom is 0.352 e. The number of aliphatic carboxylic acids is 1. The van der Waals surface area contributed by atoms with Gasteiger partial charge in [0.15, 0.2) is 0 Å². The fraction of sp³-hybridized carbons (Fsp3) is 0.364. The van der Waals surface area contributed by atoms with Crippen LogP contribution in [0.15, 0.2) is 53.4 Å². The van der Waals surface area contributed by atoms with E-state index in [2.05, 4.69) is 9.88 Å². The minimum Gasteiger partial charge on any atom is -0.477 e. The molecule has 3 aliphatic heterocycles. The maximum atomic E-state index is 12.7. The average Bonchev–Trinajstić information content (AvgIpc) is 2.76. The Morgan fingerprint density at radius 2 is 1.97 bits per heavy atom. The molecule has 1 atom stereocenters. The summed E-state index contributed by atoms with van der Waals surface area (Å²) in [6.07, 6.45) is 7.47. The lowest BCUT2D eigenvalue weighted by molar-refractivity contribution is -0.144. The van der Waals surface area contributed by atoms with E-state index < -0.39 is 5.97 Å². The molecule has 1 N–H and O–H groups in total. The molecule has 156 valence electrons. The van der Waals surface area contributed by atoms with Gasteiger partial charge < -0.3 is 14.9 Å². The Labute approximate surface area is 174 Å². The molecule has 4 rings (SSSR count). The summed E-state index contributed by atoms with van der Waals surface area (Å²) in [5.41, 5.74) is 1.72. The lowest BCUT2D eigenvalue weighted by Gasteiger charge is -2.46. The van der Waals surface area contributed by atoms with E-state index in [4.69, 9.17) is 0 Å². The van der Waals surface area contributed by atoms with E-state index in [0.717, 1.165) is 13.1 Å². The van der Waals surface area contributed by atoms with E-state index in [9.17, 15) is 19.5 Å². The highest BCUT2D eigenvalue weighted by atomic mass is 16.4. The van der Waals surface area contributed by atoms with Crippen molar-refractivity contribution in [2.24, 2.45) is 0 Å². The zero-order chi connectivity index (χ0) is 21.3. The van der Waals surface area contributed by atoms with Gasteiger partial charge in [-0.25, -0.2) is 4.79 Å². The van der Waals surface area contributed by atoms with Crippen molar-refractivity contribution < 1.29 is 19.5 Å². The molecule has 4 heterocycles. The fourth-order valence-electron chi connectivity index (χ4n) is 4.09. The van der Waals surface area contributed by atoms with Gasteiger partial charge in [-0.05, 0) is 43.7 Å². The first-order valence-corrected chi connectivity index (χ1v) is 10.0. The van der Waals surface area contributed by atoms with Gasteiger partial charge in [0.2, 0.25) is 5.91 Å². The smallest absolute Gasteiger partial charge is 0.352 e. The van der Waals surface area contributed by atoms with Gasteiger partial charge in [-0.2, -0.15) is 0 Å². The highest BCUT2D eigenvalue weighted by molar-refractivity contribution is 6.10. The summed E-state index contributed by atoms with van der Waals surface area (Å²) in [4.78, 5) is 46.5. The number of carbonyl (C=O) groups is 3. The minimum atomic E-state index is -1.16. The van der Waals surface area contributed by atoms with Crippen LogP contribution in [0.4, 0.5) is 0 Å². The minimum absolute atomic E-state index is 0.0307. The first kappa shape index (κ1) is 20.0. The van der Waals surface area contributed by atoms with Crippen LogP contribution in [0.25, 0.3) is 6.08 Å². The molecule has 0 bridgehead atoms.